The van der Waals surface area contributed by atoms with Crippen LogP contribution in [0.15, 0.2) is 17.2 Å². The number of rotatable bonds is 4. The lowest BCUT2D eigenvalue weighted by molar-refractivity contribution is 0.0935. The third-order valence-electron chi connectivity index (χ3n) is 3.45. The van der Waals surface area contributed by atoms with E-state index in [9.17, 15) is 4.79 Å². The molecule has 0 bridgehead atoms. The summed E-state index contributed by atoms with van der Waals surface area (Å²) in [6, 6.07) is 2.06. The first-order valence-electron chi connectivity index (χ1n) is 6.77. The van der Waals surface area contributed by atoms with Gasteiger partial charge in [0.2, 0.25) is 0 Å². The number of aromatic amines is 1. The van der Waals surface area contributed by atoms with E-state index in [1.54, 1.807) is 0 Å². The molecule has 20 heavy (non-hydrogen) atoms. The second-order valence-corrected chi connectivity index (χ2v) is 4.73. The molecular formula is C12H18N6O2. The van der Waals surface area contributed by atoms with E-state index in [-0.39, 0.29) is 11.7 Å². The van der Waals surface area contributed by atoms with Crippen LogP contribution in [0, 0.1) is 0 Å². The SMILES string of the molecule is CCNCC1COCCN1c1cc2n[nH]c(=O)n2cn1. The molecule has 0 radical (unpaired) electrons. The second kappa shape index (κ2) is 5.59. The zero-order valence-corrected chi connectivity index (χ0v) is 11.4. The summed E-state index contributed by atoms with van der Waals surface area (Å²) in [5.74, 6) is 0.822. The highest BCUT2D eigenvalue weighted by atomic mass is 16.5. The molecule has 1 aliphatic heterocycles. The predicted octanol–water partition coefficient (Wildman–Crippen LogP) is -0.768. The molecule has 0 aromatic carbocycles. The van der Waals surface area contributed by atoms with E-state index in [4.69, 9.17) is 4.74 Å². The van der Waals surface area contributed by atoms with Crippen molar-refractivity contribution < 1.29 is 4.74 Å². The Morgan fingerprint density at radius 1 is 1.60 bits per heavy atom. The van der Waals surface area contributed by atoms with Gasteiger partial charge in [-0.15, -0.1) is 0 Å². The van der Waals surface area contributed by atoms with Gasteiger partial charge in [-0.3, -0.25) is 0 Å². The van der Waals surface area contributed by atoms with Gasteiger partial charge in [0.05, 0.1) is 19.3 Å². The maximum atomic E-state index is 11.4. The Morgan fingerprint density at radius 3 is 3.35 bits per heavy atom. The molecule has 1 saturated heterocycles. The molecule has 1 aliphatic rings. The lowest BCUT2D eigenvalue weighted by Crippen LogP contribution is -2.51. The number of ether oxygens (including phenoxy) is 1. The lowest BCUT2D eigenvalue weighted by atomic mass is 10.2. The number of fused-ring (bicyclic) bond motifs is 1. The van der Waals surface area contributed by atoms with Gasteiger partial charge in [-0.1, -0.05) is 6.92 Å². The molecule has 8 heteroatoms. The minimum absolute atomic E-state index is 0.240. The van der Waals surface area contributed by atoms with Crippen LogP contribution in [0.4, 0.5) is 5.82 Å². The molecule has 3 rings (SSSR count). The van der Waals surface area contributed by atoms with Crippen LogP contribution in [0.3, 0.4) is 0 Å². The second-order valence-electron chi connectivity index (χ2n) is 4.73. The number of hydrogen-bond donors (Lipinski definition) is 2. The van der Waals surface area contributed by atoms with Gasteiger partial charge >= 0.3 is 5.69 Å². The first-order chi connectivity index (χ1) is 9.79. The van der Waals surface area contributed by atoms with Crippen molar-refractivity contribution in [1.29, 1.82) is 0 Å². The van der Waals surface area contributed by atoms with Crippen LogP contribution in [-0.2, 0) is 4.74 Å². The molecule has 2 aromatic heterocycles. The molecule has 3 heterocycles. The Labute approximate surface area is 115 Å². The zero-order valence-electron chi connectivity index (χ0n) is 11.4. The largest absolute Gasteiger partial charge is 0.377 e. The predicted molar refractivity (Wildman–Crippen MR) is 74.1 cm³/mol. The number of likely N-dealkylation sites (N-methyl/N-ethyl adjacent to an activating group) is 1. The number of H-pyrrole nitrogens is 1. The van der Waals surface area contributed by atoms with Crippen LogP contribution in [-0.4, -0.2) is 58.5 Å². The first kappa shape index (κ1) is 13.1. The van der Waals surface area contributed by atoms with E-state index in [1.807, 2.05) is 6.07 Å². The maximum Gasteiger partial charge on any atom is 0.348 e. The molecule has 1 atom stereocenters. The standard InChI is InChI=1S/C12H18N6O2/c1-2-13-6-9-7-20-4-3-17(9)10-5-11-15-16-12(19)18(11)8-14-10/h5,8-9,13H,2-4,6-7H2,1H3,(H,16,19). The average molecular weight is 278 g/mol. The van der Waals surface area contributed by atoms with Crippen molar-refractivity contribution in [2.24, 2.45) is 0 Å². The van der Waals surface area contributed by atoms with Crippen molar-refractivity contribution in [1.82, 2.24) is 24.9 Å². The van der Waals surface area contributed by atoms with E-state index < -0.39 is 0 Å². The van der Waals surface area contributed by atoms with Crippen molar-refractivity contribution in [3.8, 4) is 0 Å². The molecule has 0 aliphatic carbocycles. The van der Waals surface area contributed by atoms with Crippen LogP contribution in [0.25, 0.3) is 5.65 Å². The fourth-order valence-electron chi connectivity index (χ4n) is 2.39. The molecule has 108 valence electrons. The normalized spacial score (nSPS) is 19.6. The van der Waals surface area contributed by atoms with Crippen molar-refractivity contribution in [2.75, 3.05) is 37.7 Å². The highest BCUT2D eigenvalue weighted by molar-refractivity contribution is 5.51. The van der Waals surface area contributed by atoms with Gasteiger partial charge in [-0.2, -0.15) is 5.10 Å². The third-order valence-corrected chi connectivity index (χ3v) is 3.45. The monoisotopic (exact) mass is 278 g/mol. The van der Waals surface area contributed by atoms with Crippen molar-refractivity contribution in [3.63, 3.8) is 0 Å². The first-order valence-corrected chi connectivity index (χ1v) is 6.77. The third kappa shape index (κ3) is 2.39. The topological polar surface area (TPSA) is 87.5 Å². The molecule has 2 N–H and O–H groups in total. The molecule has 1 fully saturated rings. The van der Waals surface area contributed by atoms with Gasteiger partial charge in [0.15, 0.2) is 5.65 Å². The number of morpholine rings is 1. The smallest absolute Gasteiger partial charge is 0.348 e. The van der Waals surface area contributed by atoms with Gasteiger partial charge in [0, 0.05) is 19.2 Å². The Kier molecular flexibility index (Phi) is 3.66. The molecule has 0 spiro atoms. The van der Waals surface area contributed by atoms with Crippen LogP contribution in [0.1, 0.15) is 6.92 Å². The fraction of sp³-hybridized carbons (Fsp3) is 0.583. The minimum atomic E-state index is -0.273. The zero-order chi connectivity index (χ0) is 13.9. The van der Waals surface area contributed by atoms with Crippen molar-refractivity contribution in [3.05, 3.63) is 22.9 Å². The molecular weight excluding hydrogens is 260 g/mol. The van der Waals surface area contributed by atoms with Gasteiger partial charge in [0.25, 0.3) is 0 Å². The number of nitrogens with zero attached hydrogens (tertiary/aromatic N) is 4. The van der Waals surface area contributed by atoms with Crippen LogP contribution >= 0.6 is 0 Å². The Morgan fingerprint density at radius 2 is 2.50 bits per heavy atom. The van der Waals surface area contributed by atoms with Gasteiger partial charge in [-0.25, -0.2) is 19.3 Å². The summed E-state index contributed by atoms with van der Waals surface area (Å²) < 4.78 is 6.93. The van der Waals surface area contributed by atoms with Crippen molar-refractivity contribution >= 4 is 11.5 Å². The molecule has 0 saturated carbocycles. The fourth-order valence-corrected chi connectivity index (χ4v) is 2.39. The Hall–Kier alpha value is -1.93. The summed E-state index contributed by atoms with van der Waals surface area (Å²) in [6.07, 6.45) is 1.51. The van der Waals surface area contributed by atoms with Crippen LogP contribution in [0.2, 0.25) is 0 Å². The van der Waals surface area contributed by atoms with E-state index in [1.165, 1.54) is 10.7 Å². The minimum Gasteiger partial charge on any atom is -0.377 e. The van der Waals surface area contributed by atoms with Gasteiger partial charge in [0.1, 0.15) is 12.1 Å². The summed E-state index contributed by atoms with van der Waals surface area (Å²) in [6.45, 7) is 5.99. The van der Waals surface area contributed by atoms with Gasteiger partial charge < -0.3 is 15.0 Å². The highest BCUT2D eigenvalue weighted by Crippen LogP contribution is 2.17. The van der Waals surface area contributed by atoms with E-state index >= 15 is 0 Å². The van der Waals surface area contributed by atoms with Crippen LogP contribution < -0.4 is 15.9 Å². The van der Waals surface area contributed by atoms with E-state index in [2.05, 4.69) is 32.3 Å². The van der Waals surface area contributed by atoms with Gasteiger partial charge in [-0.05, 0) is 6.54 Å². The molecule has 1 unspecified atom stereocenters. The molecule has 2 aromatic rings. The molecule has 0 amide bonds. The number of hydrogen-bond acceptors (Lipinski definition) is 6. The Balaban J connectivity index is 1.88. The van der Waals surface area contributed by atoms with Crippen molar-refractivity contribution in [2.45, 2.75) is 13.0 Å². The average Bonchev–Trinajstić information content (AvgIpc) is 2.86. The van der Waals surface area contributed by atoms with Crippen LogP contribution in [0.5, 0.6) is 0 Å². The number of anilines is 1. The van der Waals surface area contributed by atoms with E-state index in [0.717, 1.165) is 25.5 Å². The Bertz CT molecular complexity index is 636. The summed E-state index contributed by atoms with van der Waals surface area (Å²) in [4.78, 5) is 18.0. The van der Waals surface area contributed by atoms with E-state index in [0.29, 0.717) is 18.9 Å². The number of nitrogens with one attached hydrogen (secondary N) is 2. The molecule has 8 nitrogen and oxygen atoms in total. The lowest BCUT2D eigenvalue weighted by Gasteiger charge is -2.36. The summed E-state index contributed by atoms with van der Waals surface area (Å²) in [5, 5.41) is 9.72. The maximum absolute atomic E-state index is 11.4. The highest BCUT2D eigenvalue weighted by Gasteiger charge is 2.24. The summed E-state index contributed by atoms with van der Waals surface area (Å²) >= 11 is 0. The number of aromatic nitrogens is 4. The summed E-state index contributed by atoms with van der Waals surface area (Å²) in [5.41, 5.74) is 0.305. The summed E-state index contributed by atoms with van der Waals surface area (Å²) in [7, 11) is 0. The quantitative estimate of drug-likeness (QED) is 0.764.